The molecule has 5 heteroatoms. The Hall–Kier alpha value is -1.59. The van der Waals surface area contributed by atoms with Crippen LogP contribution in [0.25, 0.3) is 11.0 Å². The third-order valence-electron chi connectivity index (χ3n) is 3.87. The second-order valence-electron chi connectivity index (χ2n) is 5.54. The molecule has 1 aliphatic rings. The average Bonchev–Trinajstić information content (AvgIpc) is 2.75. The Morgan fingerprint density at radius 2 is 2.26 bits per heavy atom. The van der Waals surface area contributed by atoms with Crippen LogP contribution in [-0.2, 0) is 11.8 Å². The van der Waals surface area contributed by atoms with Crippen LogP contribution in [0.2, 0.25) is 0 Å². The first-order chi connectivity index (χ1) is 9.13. The number of nitrogens with zero attached hydrogens (tertiary/aromatic N) is 3. The van der Waals surface area contributed by atoms with Crippen molar-refractivity contribution in [1.82, 2.24) is 9.55 Å². The van der Waals surface area contributed by atoms with Gasteiger partial charge in [-0.3, -0.25) is 0 Å². The van der Waals surface area contributed by atoms with Crippen LogP contribution in [0.15, 0.2) is 24.5 Å². The van der Waals surface area contributed by atoms with E-state index in [1.165, 1.54) is 0 Å². The van der Waals surface area contributed by atoms with Gasteiger partial charge in [0, 0.05) is 26.3 Å². The standard InChI is InChI=1S/C14H19N3O2/c1-16(6-14(7-18)8-19-9-14)11-3-4-13-12(5-11)15-10-17(13)2/h3-5,10,18H,6-9H2,1-2H3. The number of aliphatic hydroxyl groups excluding tert-OH is 1. The molecule has 0 amide bonds. The van der Waals surface area contributed by atoms with E-state index in [1.807, 2.05) is 25.0 Å². The molecule has 1 fully saturated rings. The Bertz CT molecular complexity index is 584. The summed E-state index contributed by atoms with van der Waals surface area (Å²) in [4.78, 5) is 6.53. The number of aryl methyl sites for hydroxylation is 1. The summed E-state index contributed by atoms with van der Waals surface area (Å²) in [5, 5.41) is 9.49. The summed E-state index contributed by atoms with van der Waals surface area (Å²) >= 11 is 0. The summed E-state index contributed by atoms with van der Waals surface area (Å²) in [6.45, 7) is 2.24. The topological polar surface area (TPSA) is 50.5 Å². The van der Waals surface area contributed by atoms with Crippen LogP contribution in [-0.4, -0.2) is 48.1 Å². The maximum atomic E-state index is 9.49. The zero-order valence-corrected chi connectivity index (χ0v) is 11.3. The normalized spacial score (nSPS) is 17.4. The number of aliphatic hydroxyl groups is 1. The smallest absolute Gasteiger partial charge is 0.0955 e. The highest BCUT2D eigenvalue weighted by molar-refractivity contribution is 5.79. The maximum absolute atomic E-state index is 9.49. The van der Waals surface area contributed by atoms with Crippen LogP contribution < -0.4 is 4.90 Å². The third-order valence-corrected chi connectivity index (χ3v) is 3.87. The fraction of sp³-hybridized carbons (Fsp3) is 0.500. The van der Waals surface area contributed by atoms with E-state index in [-0.39, 0.29) is 12.0 Å². The lowest BCUT2D eigenvalue weighted by Gasteiger charge is -2.42. The van der Waals surface area contributed by atoms with E-state index in [0.717, 1.165) is 23.3 Å². The molecule has 1 aliphatic heterocycles. The van der Waals surface area contributed by atoms with Crippen LogP contribution in [0, 0.1) is 5.41 Å². The molecule has 0 unspecified atom stereocenters. The van der Waals surface area contributed by atoms with Gasteiger partial charge >= 0.3 is 0 Å². The lowest BCUT2D eigenvalue weighted by atomic mass is 9.86. The lowest BCUT2D eigenvalue weighted by molar-refractivity contribution is -0.130. The molecular formula is C14H19N3O2. The number of aromatic nitrogens is 2. The number of rotatable bonds is 4. The molecule has 0 spiro atoms. The van der Waals surface area contributed by atoms with Gasteiger partial charge in [0.05, 0.1) is 42.6 Å². The van der Waals surface area contributed by atoms with Crippen molar-refractivity contribution >= 4 is 16.7 Å². The van der Waals surface area contributed by atoms with Crippen molar-refractivity contribution in [2.45, 2.75) is 0 Å². The van der Waals surface area contributed by atoms with E-state index >= 15 is 0 Å². The van der Waals surface area contributed by atoms with Crippen molar-refractivity contribution in [3.63, 3.8) is 0 Å². The number of hydrogen-bond acceptors (Lipinski definition) is 4. The molecule has 2 heterocycles. The first-order valence-electron chi connectivity index (χ1n) is 6.44. The van der Waals surface area contributed by atoms with Gasteiger partial charge in [-0.1, -0.05) is 0 Å². The first-order valence-corrected chi connectivity index (χ1v) is 6.44. The van der Waals surface area contributed by atoms with Crippen molar-refractivity contribution < 1.29 is 9.84 Å². The molecule has 3 rings (SSSR count). The van der Waals surface area contributed by atoms with Crippen molar-refractivity contribution in [2.75, 3.05) is 38.3 Å². The minimum absolute atomic E-state index is 0.103. The van der Waals surface area contributed by atoms with Gasteiger partial charge in [0.15, 0.2) is 0 Å². The molecule has 19 heavy (non-hydrogen) atoms. The third kappa shape index (κ3) is 2.09. The largest absolute Gasteiger partial charge is 0.396 e. The van der Waals surface area contributed by atoms with E-state index in [4.69, 9.17) is 4.74 Å². The summed E-state index contributed by atoms with van der Waals surface area (Å²) in [5.74, 6) is 0. The molecule has 1 aromatic heterocycles. The van der Waals surface area contributed by atoms with Crippen molar-refractivity contribution in [3.8, 4) is 0 Å². The highest BCUT2D eigenvalue weighted by Crippen LogP contribution is 2.30. The van der Waals surface area contributed by atoms with Crippen LogP contribution in [0.3, 0.4) is 0 Å². The van der Waals surface area contributed by atoms with Crippen LogP contribution in [0.5, 0.6) is 0 Å². The Labute approximate surface area is 112 Å². The summed E-state index contributed by atoms with van der Waals surface area (Å²) in [6, 6.07) is 6.26. The molecule has 102 valence electrons. The van der Waals surface area contributed by atoms with E-state index in [1.54, 1.807) is 0 Å². The molecule has 0 aliphatic carbocycles. The van der Waals surface area contributed by atoms with Gasteiger partial charge in [0.25, 0.3) is 0 Å². The van der Waals surface area contributed by atoms with Gasteiger partial charge in [-0.15, -0.1) is 0 Å². The zero-order valence-electron chi connectivity index (χ0n) is 11.3. The van der Waals surface area contributed by atoms with Gasteiger partial charge in [0.1, 0.15) is 0 Å². The monoisotopic (exact) mass is 261 g/mol. The number of imidazole rings is 1. The fourth-order valence-electron chi connectivity index (χ4n) is 2.58. The summed E-state index contributed by atoms with van der Waals surface area (Å²) in [7, 11) is 4.03. The van der Waals surface area contributed by atoms with Crippen molar-refractivity contribution in [3.05, 3.63) is 24.5 Å². The summed E-state index contributed by atoms with van der Waals surface area (Å²) in [5.41, 5.74) is 3.13. The number of hydrogen-bond donors (Lipinski definition) is 1. The molecule has 0 atom stereocenters. The van der Waals surface area contributed by atoms with Gasteiger partial charge in [-0.2, -0.15) is 0 Å². The second kappa shape index (κ2) is 4.51. The quantitative estimate of drug-likeness (QED) is 0.892. The summed E-state index contributed by atoms with van der Waals surface area (Å²) < 4.78 is 7.25. The van der Waals surface area contributed by atoms with E-state index < -0.39 is 0 Å². The number of fused-ring (bicyclic) bond motifs is 1. The minimum Gasteiger partial charge on any atom is -0.396 e. The second-order valence-corrected chi connectivity index (χ2v) is 5.54. The van der Waals surface area contributed by atoms with E-state index in [0.29, 0.717) is 13.2 Å². The maximum Gasteiger partial charge on any atom is 0.0955 e. The first kappa shape index (κ1) is 12.4. The lowest BCUT2D eigenvalue weighted by Crippen LogP contribution is -2.52. The van der Waals surface area contributed by atoms with Gasteiger partial charge in [0.2, 0.25) is 0 Å². The van der Waals surface area contributed by atoms with E-state index in [2.05, 4.69) is 28.1 Å². The Kier molecular flexibility index (Phi) is 2.95. The molecule has 1 aromatic carbocycles. The predicted octanol–water partition coefficient (Wildman–Crippen LogP) is 1.02. The van der Waals surface area contributed by atoms with Crippen LogP contribution in [0.1, 0.15) is 0 Å². The Morgan fingerprint density at radius 3 is 2.89 bits per heavy atom. The fourth-order valence-corrected chi connectivity index (χ4v) is 2.58. The van der Waals surface area contributed by atoms with Gasteiger partial charge < -0.3 is 19.3 Å². The molecule has 0 radical (unpaired) electrons. The van der Waals surface area contributed by atoms with E-state index in [9.17, 15) is 5.11 Å². The summed E-state index contributed by atoms with van der Waals surface area (Å²) in [6.07, 6.45) is 1.82. The molecule has 0 saturated carbocycles. The molecule has 5 nitrogen and oxygen atoms in total. The average molecular weight is 261 g/mol. The Morgan fingerprint density at radius 1 is 1.47 bits per heavy atom. The molecular weight excluding hydrogens is 242 g/mol. The molecule has 1 N–H and O–H groups in total. The highest BCUT2D eigenvalue weighted by atomic mass is 16.5. The number of anilines is 1. The minimum atomic E-state index is -0.103. The van der Waals surface area contributed by atoms with Crippen molar-refractivity contribution in [2.24, 2.45) is 12.5 Å². The van der Waals surface area contributed by atoms with Gasteiger partial charge in [-0.05, 0) is 18.2 Å². The SMILES string of the molecule is CN(CC1(CO)COC1)c1ccc2c(c1)ncn2C. The molecule has 2 aromatic rings. The number of ether oxygens (including phenoxy) is 1. The van der Waals surface area contributed by atoms with Crippen LogP contribution >= 0.6 is 0 Å². The highest BCUT2D eigenvalue weighted by Gasteiger charge is 2.39. The molecule has 1 saturated heterocycles. The Balaban J connectivity index is 1.83. The predicted molar refractivity (Wildman–Crippen MR) is 74.3 cm³/mol. The number of benzene rings is 1. The zero-order chi connectivity index (χ0) is 13.5. The molecule has 0 bridgehead atoms. The van der Waals surface area contributed by atoms with Gasteiger partial charge in [-0.25, -0.2) is 4.98 Å². The van der Waals surface area contributed by atoms with Crippen molar-refractivity contribution in [1.29, 1.82) is 0 Å². The van der Waals surface area contributed by atoms with Crippen LogP contribution in [0.4, 0.5) is 5.69 Å².